The second-order valence-electron chi connectivity index (χ2n) is 7.07. The number of benzene rings is 3. The molecule has 0 saturated heterocycles. The number of fused-ring (bicyclic) bond motifs is 1. The number of halogens is 2. The van der Waals surface area contributed by atoms with Gasteiger partial charge in [-0.25, -0.2) is 9.02 Å². The van der Waals surface area contributed by atoms with Crippen LogP contribution in [0, 0.1) is 5.82 Å². The monoisotopic (exact) mass is 471 g/mol. The number of carbonyl (C=O) groups is 1. The van der Waals surface area contributed by atoms with Gasteiger partial charge in [-0.1, -0.05) is 48.5 Å². The third-order valence-electron chi connectivity index (χ3n) is 4.96. The summed E-state index contributed by atoms with van der Waals surface area (Å²) in [6, 6.07) is 18.4. The largest absolute Gasteiger partial charge is 0.488 e. The van der Waals surface area contributed by atoms with E-state index < -0.39 is 5.91 Å². The molecule has 3 aromatic carbocycles. The Hall–Kier alpha value is -3.69. The molecule has 10 heteroatoms. The molecule has 33 heavy (non-hydrogen) atoms. The van der Waals surface area contributed by atoms with Gasteiger partial charge in [0.15, 0.2) is 0 Å². The average molecular weight is 472 g/mol. The molecule has 4 aromatic rings. The number of nitrogen functional groups attached to an aromatic ring is 1. The zero-order valence-electron chi connectivity index (χ0n) is 17.6. The molecule has 1 amide bonds. The van der Waals surface area contributed by atoms with Crippen molar-refractivity contribution in [3.8, 4) is 5.75 Å². The van der Waals surface area contributed by atoms with Crippen molar-refractivity contribution in [2.75, 3.05) is 18.8 Å². The van der Waals surface area contributed by atoms with Crippen molar-refractivity contribution >= 4 is 34.9 Å². The van der Waals surface area contributed by atoms with Crippen LogP contribution in [0.1, 0.15) is 21.6 Å². The van der Waals surface area contributed by atoms with Gasteiger partial charge in [0.1, 0.15) is 18.2 Å². The summed E-state index contributed by atoms with van der Waals surface area (Å²) in [5.41, 5.74) is 6.92. The van der Waals surface area contributed by atoms with Crippen LogP contribution in [0.2, 0.25) is 0 Å². The fourth-order valence-corrected chi connectivity index (χ4v) is 3.32. The number of hydrogen-bond donors (Lipinski definition) is 3. The number of ether oxygens (including phenoxy) is 1. The molecule has 0 aliphatic heterocycles. The minimum absolute atomic E-state index is 0. The lowest BCUT2D eigenvalue weighted by molar-refractivity contribution is 0.0944. The molecule has 0 aliphatic rings. The summed E-state index contributed by atoms with van der Waals surface area (Å²) in [6.07, 6.45) is 0. The van der Waals surface area contributed by atoms with Gasteiger partial charge < -0.3 is 21.1 Å². The molecule has 172 valence electrons. The minimum atomic E-state index is -0.454. The lowest BCUT2D eigenvalue weighted by Crippen LogP contribution is -2.32. The molecule has 0 fully saturated rings. The summed E-state index contributed by atoms with van der Waals surface area (Å²) in [6.45, 7) is 1.47. The van der Waals surface area contributed by atoms with E-state index in [0.29, 0.717) is 30.9 Å². The van der Waals surface area contributed by atoms with Crippen molar-refractivity contribution in [3.05, 3.63) is 83.3 Å². The Morgan fingerprint density at radius 1 is 1.03 bits per heavy atom. The Balaban J connectivity index is 0.00000306. The highest BCUT2D eigenvalue weighted by Gasteiger charge is 2.15. The molecule has 1 heterocycles. The van der Waals surface area contributed by atoms with E-state index >= 15 is 0 Å². The molecular weight excluding hydrogens is 449 g/mol. The summed E-state index contributed by atoms with van der Waals surface area (Å²) in [4.78, 5) is 12.0. The highest BCUT2D eigenvalue weighted by molar-refractivity contribution is 5.96. The van der Waals surface area contributed by atoms with E-state index in [2.05, 4.69) is 25.6 Å². The molecule has 1 aromatic heterocycles. The van der Waals surface area contributed by atoms with E-state index in [0.717, 1.165) is 16.3 Å². The zero-order chi connectivity index (χ0) is 22.3. The number of hydrogen-bond acceptors (Lipinski definition) is 7. The van der Waals surface area contributed by atoms with Crippen molar-refractivity contribution in [1.82, 2.24) is 20.9 Å². The Morgan fingerprint density at radius 2 is 1.82 bits per heavy atom. The summed E-state index contributed by atoms with van der Waals surface area (Å²) >= 11 is 0. The molecule has 0 unspecified atom stereocenters. The van der Waals surface area contributed by atoms with Crippen molar-refractivity contribution in [2.24, 2.45) is 0 Å². The first-order valence-electron chi connectivity index (χ1n) is 10.1. The molecular formula is C23H23ClFN5O3. The van der Waals surface area contributed by atoms with Crippen molar-refractivity contribution in [1.29, 1.82) is 0 Å². The van der Waals surface area contributed by atoms with Gasteiger partial charge in [0.05, 0.1) is 0 Å². The number of carbonyl (C=O) groups excluding carboxylic acids is 1. The van der Waals surface area contributed by atoms with Crippen LogP contribution in [0.25, 0.3) is 10.8 Å². The van der Waals surface area contributed by atoms with E-state index in [1.54, 1.807) is 18.2 Å². The first kappa shape index (κ1) is 24.0. The third kappa shape index (κ3) is 5.76. The number of anilines is 1. The number of nitrogens with one attached hydrogen (secondary N) is 2. The number of amides is 1. The van der Waals surface area contributed by atoms with Gasteiger partial charge in [0.25, 0.3) is 5.91 Å². The van der Waals surface area contributed by atoms with Crippen LogP contribution in [-0.2, 0) is 13.2 Å². The van der Waals surface area contributed by atoms with Gasteiger partial charge in [0.2, 0.25) is 11.5 Å². The maximum atomic E-state index is 14.0. The van der Waals surface area contributed by atoms with Crippen LogP contribution in [-0.4, -0.2) is 29.3 Å². The van der Waals surface area contributed by atoms with Crippen molar-refractivity contribution in [2.45, 2.75) is 13.2 Å². The molecule has 0 atom stereocenters. The first-order chi connectivity index (χ1) is 15.6. The van der Waals surface area contributed by atoms with Gasteiger partial charge in [-0.2, -0.15) is 0 Å². The number of rotatable bonds is 9. The molecule has 0 radical (unpaired) electrons. The zero-order valence-corrected chi connectivity index (χ0v) is 18.4. The van der Waals surface area contributed by atoms with Gasteiger partial charge in [-0.3, -0.25) is 4.79 Å². The van der Waals surface area contributed by atoms with E-state index in [1.807, 2.05) is 36.4 Å². The highest BCUT2D eigenvalue weighted by atomic mass is 35.5. The average Bonchev–Trinajstić information content (AvgIpc) is 3.24. The Bertz CT molecular complexity index is 1230. The van der Waals surface area contributed by atoms with Crippen LogP contribution in [0.15, 0.2) is 65.3 Å². The van der Waals surface area contributed by atoms with E-state index in [4.69, 9.17) is 10.5 Å². The van der Waals surface area contributed by atoms with Crippen LogP contribution in [0.3, 0.4) is 0 Å². The van der Waals surface area contributed by atoms with Crippen LogP contribution < -0.4 is 21.1 Å². The molecule has 0 spiro atoms. The maximum absolute atomic E-state index is 14.0. The second kappa shape index (κ2) is 11.3. The normalized spacial score (nSPS) is 10.6. The first-order valence-corrected chi connectivity index (χ1v) is 10.1. The predicted octanol–water partition coefficient (Wildman–Crippen LogP) is 3.46. The molecule has 0 aliphatic carbocycles. The highest BCUT2D eigenvalue weighted by Crippen LogP contribution is 2.29. The maximum Gasteiger partial charge on any atom is 0.277 e. The SMILES string of the molecule is Cl.Nc1nonc1C(=O)NCCNCc1c(OCc2ccccc2F)ccc2ccccc12. The molecule has 0 bridgehead atoms. The summed E-state index contributed by atoms with van der Waals surface area (Å²) in [5, 5.41) is 15.0. The molecule has 8 nitrogen and oxygen atoms in total. The molecule has 4 N–H and O–H groups in total. The minimum Gasteiger partial charge on any atom is -0.488 e. The van der Waals surface area contributed by atoms with Crippen LogP contribution in [0.4, 0.5) is 10.2 Å². The van der Waals surface area contributed by atoms with Crippen molar-refractivity contribution in [3.63, 3.8) is 0 Å². The van der Waals surface area contributed by atoms with Crippen LogP contribution in [0.5, 0.6) is 5.75 Å². The number of aromatic nitrogens is 2. The quantitative estimate of drug-likeness (QED) is 0.320. The Morgan fingerprint density at radius 3 is 2.61 bits per heavy atom. The Kier molecular flexibility index (Phi) is 8.17. The van der Waals surface area contributed by atoms with E-state index in [1.165, 1.54) is 6.07 Å². The van der Waals surface area contributed by atoms with Gasteiger partial charge in [-0.15, -0.1) is 12.4 Å². The molecule has 4 rings (SSSR count). The smallest absolute Gasteiger partial charge is 0.277 e. The van der Waals surface area contributed by atoms with Gasteiger partial charge in [0, 0.05) is 30.8 Å². The fraction of sp³-hybridized carbons (Fsp3) is 0.174. The van der Waals surface area contributed by atoms with Gasteiger partial charge in [-0.05, 0) is 33.2 Å². The third-order valence-corrected chi connectivity index (χ3v) is 4.96. The van der Waals surface area contributed by atoms with Crippen LogP contribution >= 0.6 is 12.4 Å². The lowest BCUT2D eigenvalue weighted by Gasteiger charge is -2.15. The topological polar surface area (TPSA) is 115 Å². The summed E-state index contributed by atoms with van der Waals surface area (Å²) in [5.74, 6) is -0.135. The second-order valence-corrected chi connectivity index (χ2v) is 7.07. The predicted molar refractivity (Wildman–Crippen MR) is 125 cm³/mol. The summed E-state index contributed by atoms with van der Waals surface area (Å²) < 4.78 is 24.4. The number of nitrogens with zero attached hydrogens (tertiary/aromatic N) is 2. The van der Waals surface area contributed by atoms with E-state index in [9.17, 15) is 9.18 Å². The Labute approximate surface area is 195 Å². The molecule has 0 saturated carbocycles. The van der Waals surface area contributed by atoms with E-state index in [-0.39, 0.29) is 36.3 Å². The lowest BCUT2D eigenvalue weighted by atomic mass is 10.0. The van der Waals surface area contributed by atoms with Gasteiger partial charge >= 0.3 is 0 Å². The number of nitrogens with two attached hydrogens (primary N) is 1. The summed E-state index contributed by atoms with van der Waals surface area (Å²) in [7, 11) is 0. The standard InChI is InChI=1S/C23H22FN5O3.ClH/c24-19-8-4-2-6-16(19)14-31-20-10-9-15-5-1-3-7-17(15)18(20)13-26-11-12-27-23(30)21-22(25)29-32-28-21;/h1-10,26H,11-14H2,(H2,25,29)(H,27,30);1H. The fourth-order valence-electron chi connectivity index (χ4n) is 3.32. The van der Waals surface area contributed by atoms with Crippen molar-refractivity contribution < 1.29 is 18.6 Å².